The van der Waals surface area contributed by atoms with Crippen molar-refractivity contribution in [2.24, 2.45) is 0 Å². The number of halogens is 2. The van der Waals surface area contributed by atoms with Crippen molar-refractivity contribution in [1.82, 2.24) is 4.72 Å². The Hall–Kier alpha value is -1.22. The summed E-state index contributed by atoms with van der Waals surface area (Å²) in [5, 5.41) is 17.9. The van der Waals surface area contributed by atoms with E-state index in [1.165, 1.54) is 0 Å². The molecule has 3 N–H and O–H groups in total. The molecule has 1 rings (SSSR count). The van der Waals surface area contributed by atoms with E-state index >= 15 is 0 Å². The van der Waals surface area contributed by atoms with Gasteiger partial charge in [0.05, 0.1) is 11.4 Å². The third kappa shape index (κ3) is 4.13. The van der Waals surface area contributed by atoms with Gasteiger partial charge in [-0.1, -0.05) is 11.6 Å². The highest BCUT2D eigenvalue weighted by molar-refractivity contribution is 7.89. The van der Waals surface area contributed by atoms with E-state index in [2.05, 4.69) is 0 Å². The molecule has 19 heavy (non-hydrogen) atoms. The Balaban J connectivity index is 2.97. The molecule has 0 saturated carbocycles. The number of rotatable bonds is 5. The molecule has 1 aromatic carbocycles. The SMILES string of the molecule is CC(O)(CNS(=O)(=O)c1cc(F)cc(Cl)c1)C(=O)O. The lowest BCUT2D eigenvalue weighted by Gasteiger charge is -2.18. The first-order valence-electron chi connectivity index (χ1n) is 4.96. The summed E-state index contributed by atoms with van der Waals surface area (Å²) in [6.45, 7) is 0.162. The highest BCUT2D eigenvalue weighted by Crippen LogP contribution is 2.18. The number of aliphatic carboxylic acids is 1. The largest absolute Gasteiger partial charge is 0.479 e. The van der Waals surface area contributed by atoms with Crippen molar-refractivity contribution >= 4 is 27.6 Å². The number of aliphatic hydroxyl groups is 1. The van der Waals surface area contributed by atoms with Gasteiger partial charge in [-0.05, 0) is 25.1 Å². The molecule has 0 fully saturated rings. The smallest absolute Gasteiger partial charge is 0.336 e. The maximum Gasteiger partial charge on any atom is 0.336 e. The molecule has 9 heteroatoms. The lowest BCUT2D eigenvalue weighted by Crippen LogP contribution is -2.46. The molecule has 0 aliphatic carbocycles. The first kappa shape index (κ1) is 15.8. The van der Waals surface area contributed by atoms with Crippen molar-refractivity contribution < 1.29 is 27.8 Å². The van der Waals surface area contributed by atoms with Gasteiger partial charge in [0, 0.05) is 5.02 Å². The maximum absolute atomic E-state index is 13.0. The van der Waals surface area contributed by atoms with Crippen LogP contribution < -0.4 is 4.72 Å². The molecule has 0 radical (unpaired) electrons. The Bertz CT molecular complexity index is 582. The van der Waals surface area contributed by atoms with Crippen LogP contribution in [0.1, 0.15) is 6.92 Å². The van der Waals surface area contributed by atoms with Crippen LogP contribution in [0.15, 0.2) is 23.1 Å². The quantitative estimate of drug-likeness (QED) is 0.738. The fourth-order valence-corrected chi connectivity index (χ4v) is 2.55. The average molecular weight is 312 g/mol. The van der Waals surface area contributed by atoms with E-state index in [9.17, 15) is 22.7 Å². The van der Waals surface area contributed by atoms with Crippen molar-refractivity contribution in [3.05, 3.63) is 29.0 Å². The third-order valence-electron chi connectivity index (χ3n) is 2.21. The molecular weight excluding hydrogens is 301 g/mol. The molecule has 1 atom stereocenters. The van der Waals surface area contributed by atoms with Crippen LogP contribution >= 0.6 is 11.6 Å². The summed E-state index contributed by atoms with van der Waals surface area (Å²) in [5.41, 5.74) is -2.27. The minimum absolute atomic E-state index is 0.120. The van der Waals surface area contributed by atoms with Crippen molar-refractivity contribution in [2.75, 3.05) is 6.54 Å². The Morgan fingerprint density at radius 1 is 1.47 bits per heavy atom. The van der Waals surface area contributed by atoms with Crippen LogP contribution in [0.5, 0.6) is 0 Å². The van der Waals surface area contributed by atoms with Gasteiger partial charge in [-0.3, -0.25) is 0 Å². The second-order valence-corrected chi connectivity index (χ2v) is 6.21. The molecule has 0 amide bonds. The minimum Gasteiger partial charge on any atom is -0.479 e. The van der Waals surface area contributed by atoms with Gasteiger partial charge in [0.25, 0.3) is 0 Å². The summed E-state index contributed by atoms with van der Waals surface area (Å²) >= 11 is 5.52. The summed E-state index contributed by atoms with van der Waals surface area (Å²) in [4.78, 5) is 10.2. The first-order valence-corrected chi connectivity index (χ1v) is 6.82. The van der Waals surface area contributed by atoms with E-state index in [0.717, 1.165) is 25.1 Å². The Kier molecular flexibility index (Phi) is 4.51. The number of hydrogen-bond donors (Lipinski definition) is 3. The minimum atomic E-state index is -4.17. The predicted molar refractivity (Wildman–Crippen MR) is 64.9 cm³/mol. The lowest BCUT2D eigenvalue weighted by molar-refractivity contribution is -0.155. The van der Waals surface area contributed by atoms with Crippen molar-refractivity contribution in [3.63, 3.8) is 0 Å². The summed E-state index contributed by atoms with van der Waals surface area (Å²) in [5.74, 6) is -2.44. The fourth-order valence-electron chi connectivity index (χ4n) is 1.08. The van der Waals surface area contributed by atoms with Crippen molar-refractivity contribution in [2.45, 2.75) is 17.4 Å². The van der Waals surface area contributed by atoms with Crippen LogP contribution in [0, 0.1) is 5.82 Å². The monoisotopic (exact) mass is 311 g/mol. The standard InChI is InChI=1S/C10H11ClFNO5S/c1-10(16,9(14)15)5-13-19(17,18)8-3-6(11)2-7(12)4-8/h2-4,13,16H,5H2,1H3,(H,14,15). The lowest BCUT2D eigenvalue weighted by atomic mass is 10.1. The molecule has 0 heterocycles. The second kappa shape index (κ2) is 5.41. The van der Waals surface area contributed by atoms with Gasteiger partial charge in [-0.25, -0.2) is 22.3 Å². The molecule has 1 unspecified atom stereocenters. The normalized spacial score (nSPS) is 14.9. The zero-order chi connectivity index (χ0) is 14.8. The fraction of sp³-hybridized carbons (Fsp3) is 0.300. The summed E-state index contributed by atoms with van der Waals surface area (Å²) in [7, 11) is -4.17. The van der Waals surface area contributed by atoms with E-state index < -0.39 is 38.9 Å². The van der Waals surface area contributed by atoms with Crippen LogP contribution in [-0.2, 0) is 14.8 Å². The van der Waals surface area contributed by atoms with E-state index in [0.29, 0.717) is 0 Å². The molecule has 0 saturated heterocycles. The number of carbonyl (C=O) groups is 1. The number of nitrogens with one attached hydrogen (secondary N) is 1. The molecule has 0 aliphatic rings. The van der Waals surface area contributed by atoms with Gasteiger partial charge in [0.15, 0.2) is 5.60 Å². The van der Waals surface area contributed by atoms with Crippen molar-refractivity contribution in [1.29, 1.82) is 0 Å². The number of carboxylic acid groups (broad SMARTS) is 1. The van der Waals surface area contributed by atoms with Crippen LogP contribution in [0.2, 0.25) is 5.02 Å². The highest BCUT2D eigenvalue weighted by atomic mass is 35.5. The highest BCUT2D eigenvalue weighted by Gasteiger charge is 2.31. The van der Waals surface area contributed by atoms with Gasteiger partial charge < -0.3 is 10.2 Å². The Morgan fingerprint density at radius 3 is 2.53 bits per heavy atom. The molecule has 6 nitrogen and oxygen atoms in total. The molecule has 0 aliphatic heterocycles. The zero-order valence-electron chi connectivity index (χ0n) is 9.72. The summed E-state index contributed by atoms with van der Waals surface area (Å²) < 4.78 is 38.4. The summed E-state index contributed by atoms with van der Waals surface area (Å²) in [6.07, 6.45) is 0. The van der Waals surface area contributed by atoms with Crippen LogP contribution in [-0.4, -0.2) is 36.7 Å². The molecule has 1 aromatic rings. The Labute approximate surface area is 113 Å². The van der Waals surface area contributed by atoms with Gasteiger partial charge in [-0.2, -0.15) is 0 Å². The van der Waals surface area contributed by atoms with E-state index in [1.807, 2.05) is 4.72 Å². The maximum atomic E-state index is 13.0. The number of benzene rings is 1. The number of hydrogen-bond acceptors (Lipinski definition) is 4. The van der Waals surface area contributed by atoms with Crippen LogP contribution in [0.3, 0.4) is 0 Å². The third-order valence-corrected chi connectivity index (χ3v) is 3.81. The van der Waals surface area contributed by atoms with Gasteiger partial charge in [0.1, 0.15) is 5.82 Å². The van der Waals surface area contributed by atoms with Crippen molar-refractivity contribution in [3.8, 4) is 0 Å². The van der Waals surface area contributed by atoms with E-state index in [-0.39, 0.29) is 5.02 Å². The molecule has 106 valence electrons. The zero-order valence-corrected chi connectivity index (χ0v) is 11.3. The number of carboxylic acids is 1. The molecule has 0 bridgehead atoms. The van der Waals surface area contributed by atoms with Crippen LogP contribution in [0.25, 0.3) is 0 Å². The van der Waals surface area contributed by atoms with Gasteiger partial charge in [-0.15, -0.1) is 0 Å². The first-order chi connectivity index (χ1) is 8.54. The predicted octanol–water partition coefficient (Wildman–Crippen LogP) is 0.593. The summed E-state index contributed by atoms with van der Waals surface area (Å²) in [6, 6.07) is 2.65. The van der Waals surface area contributed by atoms with Gasteiger partial charge in [0.2, 0.25) is 10.0 Å². The number of sulfonamides is 1. The van der Waals surface area contributed by atoms with Crippen LogP contribution in [0.4, 0.5) is 4.39 Å². The van der Waals surface area contributed by atoms with Gasteiger partial charge >= 0.3 is 5.97 Å². The second-order valence-electron chi connectivity index (χ2n) is 4.01. The molecular formula is C10H11ClFNO5S. The van der Waals surface area contributed by atoms with E-state index in [4.69, 9.17) is 16.7 Å². The van der Waals surface area contributed by atoms with E-state index in [1.54, 1.807) is 0 Å². The Morgan fingerprint density at radius 2 is 2.05 bits per heavy atom. The topological polar surface area (TPSA) is 104 Å². The molecule has 0 spiro atoms. The average Bonchev–Trinajstić information content (AvgIpc) is 2.25. The molecule has 0 aromatic heterocycles.